The van der Waals surface area contributed by atoms with Crippen LogP contribution < -0.4 is 0 Å². The summed E-state index contributed by atoms with van der Waals surface area (Å²) in [4.78, 5) is 24.3. The molecule has 0 fully saturated rings. The van der Waals surface area contributed by atoms with Crippen LogP contribution in [0.3, 0.4) is 0 Å². The predicted molar refractivity (Wildman–Crippen MR) is 79.1 cm³/mol. The third-order valence-corrected chi connectivity index (χ3v) is 3.21. The maximum absolute atomic E-state index is 11.5. The number of nitrogens with zero attached hydrogens (tertiary/aromatic N) is 3. The van der Waals surface area contributed by atoms with Crippen molar-refractivity contribution in [2.75, 3.05) is 7.11 Å². The molecule has 3 rings (SSSR count). The summed E-state index contributed by atoms with van der Waals surface area (Å²) in [5.74, 6) is -0.477. The van der Waals surface area contributed by atoms with Gasteiger partial charge in [0.05, 0.1) is 12.7 Å². The number of halogens is 1. The van der Waals surface area contributed by atoms with E-state index < -0.39 is 5.97 Å². The lowest BCUT2D eigenvalue weighted by Gasteiger charge is -2.05. The van der Waals surface area contributed by atoms with Crippen molar-refractivity contribution in [1.29, 1.82) is 0 Å². The zero-order chi connectivity index (χ0) is 14.8. The number of hydrogen-bond acceptors (Lipinski definition) is 5. The predicted octanol–water partition coefficient (Wildman–Crippen LogP) is 3.13. The number of benzene rings is 1. The van der Waals surface area contributed by atoms with Gasteiger partial charge in [-0.15, -0.1) is 0 Å². The van der Waals surface area contributed by atoms with Crippen LogP contribution in [-0.2, 0) is 4.74 Å². The molecule has 0 N–H and O–H groups in total. The van der Waals surface area contributed by atoms with E-state index >= 15 is 0 Å². The molecule has 0 aliphatic rings. The summed E-state index contributed by atoms with van der Waals surface area (Å²) >= 11 is 6.19. The molecule has 21 heavy (non-hydrogen) atoms. The van der Waals surface area contributed by atoms with Crippen LogP contribution in [0, 0.1) is 0 Å². The van der Waals surface area contributed by atoms with Crippen LogP contribution in [0.5, 0.6) is 0 Å². The molecule has 0 aliphatic heterocycles. The van der Waals surface area contributed by atoms with Crippen molar-refractivity contribution >= 4 is 28.7 Å². The summed E-state index contributed by atoms with van der Waals surface area (Å²) in [6.45, 7) is 0. The number of carbonyl (C=O) groups excluding carboxylic acids is 1. The van der Waals surface area contributed by atoms with E-state index in [1.165, 1.54) is 13.3 Å². The molecule has 0 aliphatic carbocycles. The standard InChI is InChI=1S/C15H10ClN3O2/c1-21-15(20)10-7-11-14(17-8-10)19-12(13(16)18-11)9-5-3-2-4-6-9/h2-8H,1H3. The molecule has 0 atom stereocenters. The normalized spacial score (nSPS) is 10.6. The SMILES string of the molecule is COC(=O)c1cnc2nc(-c3ccccc3)c(Cl)nc2c1. The van der Waals surface area contributed by atoms with Crippen LogP contribution in [0.1, 0.15) is 10.4 Å². The first-order valence-corrected chi connectivity index (χ1v) is 6.54. The second-order valence-electron chi connectivity index (χ2n) is 4.29. The summed E-state index contributed by atoms with van der Waals surface area (Å²) in [5, 5.41) is 0.262. The molecule has 0 bridgehead atoms. The van der Waals surface area contributed by atoms with Gasteiger partial charge in [-0.05, 0) is 6.07 Å². The van der Waals surface area contributed by atoms with Crippen molar-refractivity contribution in [2.24, 2.45) is 0 Å². The molecule has 0 amide bonds. The van der Waals surface area contributed by atoms with Crippen molar-refractivity contribution in [1.82, 2.24) is 15.0 Å². The number of rotatable bonds is 2. The Bertz CT molecular complexity index is 822. The molecule has 0 unspecified atom stereocenters. The molecular formula is C15H10ClN3O2. The highest BCUT2D eigenvalue weighted by Crippen LogP contribution is 2.26. The minimum absolute atomic E-state index is 0.262. The Balaban J connectivity index is 2.15. The van der Waals surface area contributed by atoms with Gasteiger partial charge >= 0.3 is 5.97 Å². The number of ether oxygens (including phenoxy) is 1. The summed E-state index contributed by atoms with van der Waals surface area (Å²) in [6, 6.07) is 11.0. The highest BCUT2D eigenvalue weighted by atomic mass is 35.5. The number of methoxy groups -OCH3 is 1. The van der Waals surface area contributed by atoms with E-state index in [0.717, 1.165) is 5.56 Å². The van der Waals surface area contributed by atoms with Crippen LogP contribution in [0.4, 0.5) is 0 Å². The van der Waals surface area contributed by atoms with Gasteiger partial charge in [-0.25, -0.2) is 19.7 Å². The van der Waals surface area contributed by atoms with Gasteiger partial charge in [-0.3, -0.25) is 0 Å². The quantitative estimate of drug-likeness (QED) is 0.680. The number of esters is 1. The smallest absolute Gasteiger partial charge is 0.339 e. The Kier molecular flexibility index (Phi) is 3.50. The molecule has 5 nitrogen and oxygen atoms in total. The second-order valence-corrected chi connectivity index (χ2v) is 4.65. The highest BCUT2D eigenvalue weighted by Gasteiger charge is 2.12. The summed E-state index contributed by atoms with van der Waals surface area (Å²) in [5.41, 5.74) is 2.59. The van der Waals surface area contributed by atoms with Gasteiger partial charge in [0.2, 0.25) is 0 Å². The lowest BCUT2D eigenvalue weighted by atomic mass is 10.1. The van der Waals surface area contributed by atoms with E-state index in [9.17, 15) is 4.79 Å². The lowest BCUT2D eigenvalue weighted by molar-refractivity contribution is 0.0600. The molecule has 0 saturated heterocycles. The average Bonchev–Trinajstić information content (AvgIpc) is 2.53. The molecule has 2 aromatic heterocycles. The molecule has 104 valence electrons. The Labute approximate surface area is 125 Å². The average molecular weight is 300 g/mol. The van der Waals surface area contributed by atoms with E-state index in [4.69, 9.17) is 11.6 Å². The third-order valence-electron chi connectivity index (χ3n) is 2.95. The lowest BCUT2D eigenvalue weighted by Crippen LogP contribution is -2.03. The number of carbonyl (C=O) groups is 1. The zero-order valence-corrected chi connectivity index (χ0v) is 11.8. The molecule has 0 spiro atoms. The Morgan fingerprint density at radius 1 is 1.19 bits per heavy atom. The van der Waals surface area contributed by atoms with Gasteiger partial charge < -0.3 is 4.74 Å². The van der Waals surface area contributed by atoms with E-state index in [1.54, 1.807) is 6.07 Å². The van der Waals surface area contributed by atoms with Gasteiger partial charge in [0.25, 0.3) is 0 Å². The van der Waals surface area contributed by atoms with Gasteiger partial charge in [0, 0.05) is 11.8 Å². The first-order valence-electron chi connectivity index (χ1n) is 6.16. The fraction of sp³-hybridized carbons (Fsp3) is 0.0667. The van der Waals surface area contributed by atoms with E-state index in [2.05, 4.69) is 19.7 Å². The Morgan fingerprint density at radius 2 is 1.95 bits per heavy atom. The summed E-state index contributed by atoms with van der Waals surface area (Å²) in [6.07, 6.45) is 1.41. The summed E-state index contributed by atoms with van der Waals surface area (Å²) in [7, 11) is 1.31. The number of hydrogen-bond donors (Lipinski definition) is 0. The zero-order valence-electron chi connectivity index (χ0n) is 11.1. The largest absolute Gasteiger partial charge is 0.465 e. The first kappa shape index (κ1) is 13.5. The highest BCUT2D eigenvalue weighted by molar-refractivity contribution is 6.32. The molecule has 2 heterocycles. The van der Waals surface area contributed by atoms with Crippen molar-refractivity contribution in [3.8, 4) is 11.3 Å². The molecule has 6 heteroatoms. The third kappa shape index (κ3) is 2.55. The summed E-state index contributed by atoms with van der Waals surface area (Å²) < 4.78 is 4.65. The topological polar surface area (TPSA) is 65.0 Å². The van der Waals surface area contributed by atoms with Gasteiger partial charge in [-0.1, -0.05) is 41.9 Å². The van der Waals surface area contributed by atoms with Crippen LogP contribution >= 0.6 is 11.6 Å². The number of fused-ring (bicyclic) bond motifs is 1. The molecule has 1 aromatic carbocycles. The van der Waals surface area contributed by atoms with Crippen molar-refractivity contribution in [3.05, 3.63) is 53.3 Å². The monoisotopic (exact) mass is 299 g/mol. The van der Waals surface area contributed by atoms with Crippen LogP contribution in [0.15, 0.2) is 42.6 Å². The Morgan fingerprint density at radius 3 is 2.67 bits per heavy atom. The van der Waals surface area contributed by atoms with E-state index in [1.807, 2.05) is 30.3 Å². The second kappa shape index (κ2) is 5.46. The van der Waals surface area contributed by atoms with Gasteiger partial charge in [0.1, 0.15) is 11.2 Å². The van der Waals surface area contributed by atoms with Gasteiger partial charge in [-0.2, -0.15) is 0 Å². The fourth-order valence-electron chi connectivity index (χ4n) is 1.93. The molecular weight excluding hydrogens is 290 g/mol. The van der Waals surface area contributed by atoms with Crippen molar-refractivity contribution in [2.45, 2.75) is 0 Å². The van der Waals surface area contributed by atoms with Crippen molar-refractivity contribution < 1.29 is 9.53 Å². The van der Waals surface area contributed by atoms with E-state index in [-0.39, 0.29) is 5.15 Å². The van der Waals surface area contributed by atoms with E-state index in [0.29, 0.717) is 22.4 Å². The fourth-order valence-corrected chi connectivity index (χ4v) is 2.18. The maximum atomic E-state index is 11.5. The number of pyridine rings is 1. The van der Waals surface area contributed by atoms with Crippen LogP contribution in [0.2, 0.25) is 5.15 Å². The minimum atomic E-state index is -0.477. The molecule has 0 saturated carbocycles. The first-order chi connectivity index (χ1) is 10.2. The van der Waals surface area contributed by atoms with Crippen molar-refractivity contribution in [3.63, 3.8) is 0 Å². The Hall–Kier alpha value is -2.53. The number of aromatic nitrogens is 3. The maximum Gasteiger partial charge on any atom is 0.339 e. The van der Waals surface area contributed by atoms with Crippen LogP contribution in [-0.4, -0.2) is 28.0 Å². The molecule has 0 radical (unpaired) electrons. The van der Waals surface area contributed by atoms with Gasteiger partial charge in [0.15, 0.2) is 10.8 Å². The van der Waals surface area contributed by atoms with Crippen LogP contribution in [0.25, 0.3) is 22.4 Å². The minimum Gasteiger partial charge on any atom is -0.465 e. The molecule has 3 aromatic rings.